The van der Waals surface area contributed by atoms with Crippen molar-refractivity contribution < 1.29 is 38.8 Å². The first-order chi connectivity index (χ1) is 17.0. The topological polar surface area (TPSA) is 132 Å². The zero-order valence-corrected chi connectivity index (χ0v) is 24.5. The van der Waals surface area contributed by atoms with Crippen LogP contribution in [0.2, 0.25) is 0 Å². The Bertz CT molecular complexity index is 574. The van der Waals surface area contributed by atoms with Crippen LogP contribution < -0.4 is 0 Å². The van der Waals surface area contributed by atoms with Crippen LogP contribution in [0.15, 0.2) is 0 Å². The lowest BCUT2D eigenvalue weighted by atomic mass is 10.0. The molecule has 9 heteroatoms. The Balaban J connectivity index is 0. The van der Waals surface area contributed by atoms with Gasteiger partial charge in [-0.3, -0.25) is 4.79 Å². The molecule has 0 heterocycles. The van der Waals surface area contributed by atoms with Crippen LogP contribution >= 0.6 is 7.68 Å². The number of carbonyl (C=O) groups is 1. The Morgan fingerprint density at radius 2 is 1.14 bits per heavy atom. The Labute approximate surface area is 220 Å². The second-order valence-corrected chi connectivity index (χ2v) is 11.9. The number of hydrogen-bond acceptors (Lipinski definition) is 7. The van der Waals surface area contributed by atoms with Gasteiger partial charge in [0.1, 0.15) is 6.10 Å². The van der Waals surface area contributed by atoms with E-state index in [1.54, 1.807) is 21.0 Å². The second kappa shape index (κ2) is 24.7. The monoisotopic (exact) mass is 538 g/mol. The summed E-state index contributed by atoms with van der Waals surface area (Å²) in [5.41, 5.74) is 0. The molecule has 2 unspecified atom stereocenters. The summed E-state index contributed by atoms with van der Waals surface area (Å²) in [6.07, 6.45) is 17.6. The van der Waals surface area contributed by atoms with Gasteiger partial charge in [-0.25, -0.2) is 9.13 Å². The number of rotatable bonds is 23. The van der Waals surface area contributed by atoms with Gasteiger partial charge in [0.2, 0.25) is 0 Å². The van der Waals surface area contributed by atoms with Crippen LogP contribution in [-0.2, 0) is 13.9 Å². The van der Waals surface area contributed by atoms with Gasteiger partial charge in [-0.05, 0) is 6.42 Å². The molecular weight excluding hydrogens is 481 g/mol. The van der Waals surface area contributed by atoms with Crippen molar-refractivity contribution in [2.75, 3.05) is 27.2 Å². The van der Waals surface area contributed by atoms with E-state index in [2.05, 4.69) is 6.92 Å². The minimum Gasteiger partial charge on any atom is -0.393 e. The van der Waals surface area contributed by atoms with Crippen molar-refractivity contribution in [3.05, 3.63) is 0 Å². The molecule has 0 spiro atoms. The molecule has 0 saturated carbocycles. The summed E-state index contributed by atoms with van der Waals surface area (Å²) in [7, 11) is 1.02. The van der Waals surface area contributed by atoms with E-state index in [-0.39, 0.29) is 16.7 Å². The third kappa shape index (κ3) is 23.7. The van der Waals surface area contributed by atoms with Crippen LogP contribution in [0.1, 0.15) is 123 Å². The molecule has 0 aromatic rings. The van der Waals surface area contributed by atoms with E-state index in [0.717, 1.165) is 12.8 Å². The Hall–Kier alpha value is -0.630. The fourth-order valence-corrected chi connectivity index (χ4v) is 4.46. The van der Waals surface area contributed by atoms with Crippen LogP contribution in [0.5, 0.6) is 0 Å². The maximum Gasteiger partial charge on any atom is 0.374 e. The van der Waals surface area contributed by atoms with Gasteiger partial charge in [0.15, 0.2) is 17.9 Å². The Morgan fingerprint density at radius 1 is 0.750 bits per heavy atom. The molecule has 0 radical (unpaired) electrons. The number of aliphatic hydroxyl groups excluding tert-OH is 3. The lowest BCUT2D eigenvalue weighted by molar-refractivity contribution is -0.900. The predicted molar refractivity (Wildman–Crippen MR) is 145 cm³/mol. The molecule has 0 saturated heterocycles. The minimum atomic E-state index is -2.47. The van der Waals surface area contributed by atoms with Crippen molar-refractivity contribution in [1.29, 1.82) is 0 Å². The van der Waals surface area contributed by atoms with E-state index in [1.807, 2.05) is 0 Å². The molecule has 0 aliphatic heterocycles. The number of nitrogens with zero attached hydrogens (tertiary/aromatic N) is 1. The summed E-state index contributed by atoms with van der Waals surface area (Å²) in [5, 5.41) is 35.1. The molecule has 0 fully saturated rings. The quantitative estimate of drug-likeness (QED) is 0.0588. The van der Waals surface area contributed by atoms with Gasteiger partial charge in [-0.15, -0.1) is 0 Å². The average molecular weight is 539 g/mol. The smallest absolute Gasteiger partial charge is 0.374 e. The standard InChI is InChI=1S/C20H40O3.C7H17NO4P/c1-2-3-4-5-6-7-8-9-10-11-12-13-14-15-16-17-19(22)20(23)18-21;1-6(13(11)12)8(2,3)5-4-7(9)10/h20-21,23H,2-18H2,1H3;6-7,9-10H,4-5H2,1-3H3/q;+1. The van der Waals surface area contributed by atoms with Gasteiger partial charge in [0.25, 0.3) is 0 Å². The molecule has 0 aromatic carbocycles. The van der Waals surface area contributed by atoms with Gasteiger partial charge < -0.3 is 24.9 Å². The summed E-state index contributed by atoms with van der Waals surface area (Å²) < 4.78 is 21.6. The first kappa shape index (κ1) is 37.5. The largest absolute Gasteiger partial charge is 0.393 e. The number of quaternary nitrogens is 1. The highest BCUT2D eigenvalue weighted by Gasteiger charge is 2.28. The van der Waals surface area contributed by atoms with E-state index < -0.39 is 32.5 Å². The zero-order chi connectivity index (χ0) is 27.8. The first-order valence-electron chi connectivity index (χ1n) is 14.1. The van der Waals surface area contributed by atoms with Gasteiger partial charge in [0.05, 0.1) is 27.2 Å². The van der Waals surface area contributed by atoms with E-state index in [1.165, 1.54) is 83.5 Å². The van der Waals surface area contributed by atoms with E-state index in [0.29, 0.717) is 13.0 Å². The molecule has 0 bridgehead atoms. The lowest BCUT2D eigenvalue weighted by Gasteiger charge is -2.32. The number of ketones is 1. The Kier molecular flexibility index (Phi) is 25.7. The predicted octanol–water partition coefficient (Wildman–Crippen LogP) is 5.45. The third-order valence-electron chi connectivity index (χ3n) is 6.85. The number of unbranched alkanes of at least 4 members (excludes halogenated alkanes) is 14. The summed E-state index contributed by atoms with van der Waals surface area (Å²) in [6.45, 7) is 3.84. The van der Waals surface area contributed by atoms with Crippen LogP contribution in [0, 0.1) is 0 Å². The van der Waals surface area contributed by atoms with Crippen molar-refractivity contribution in [3.8, 4) is 0 Å². The highest BCUT2D eigenvalue weighted by Crippen LogP contribution is 2.23. The third-order valence-corrected chi connectivity index (χ3v) is 8.09. The van der Waals surface area contributed by atoms with Gasteiger partial charge in [0, 0.05) is 19.8 Å². The van der Waals surface area contributed by atoms with Crippen molar-refractivity contribution in [2.24, 2.45) is 0 Å². The molecule has 4 N–H and O–H groups in total. The van der Waals surface area contributed by atoms with Gasteiger partial charge in [-0.1, -0.05) is 96.8 Å². The Morgan fingerprint density at radius 3 is 1.47 bits per heavy atom. The van der Waals surface area contributed by atoms with Crippen molar-refractivity contribution >= 4 is 13.5 Å². The molecule has 216 valence electrons. The zero-order valence-electron chi connectivity index (χ0n) is 23.6. The number of carbonyl (C=O) groups excluding carboxylic acids is 1. The number of hydrogen-bond donors (Lipinski definition) is 4. The summed E-state index contributed by atoms with van der Waals surface area (Å²) in [6, 6.07) is 0. The fraction of sp³-hybridized carbons (Fsp3) is 0.963. The highest BCUT2D eigenvalue weighted by atomic mass is 31.1. The van der Waals surface area contributed by atoms with E-state index in [9.17, 15) is 13.9 Å². The maximum absolute atomic E-state index is 11.3. The highest BCUT2D eigenvalue weighted by molar-refractivity contribution is 7.31. The summed E-state index contributed by atoms with van der Waals surface area (Å²) in [4.78, 5) is 11.3. The van der Waals surface area contributed by atoms with Crippen molar-refractivity contribution in [1.82, 2.24) is 0 Å². The van der Waals surface area contributed by atoms with Gasteiger partial charge in [-0.2, -0.15) is 0 Å². The molecule has 0 aromatic heterocycles. The fourth-order valence-electron chi connectivity index (χ4n) is 3.83. The molecular formula is C27H57NO7P+. The molecule has 0 aliphatic carbocycles. The molecule has 36 heavy (non-hydrogen) atoms. The van der Waals surface area contributed by atoms with Crippen LogP contribution in [0.4, 0.5) is 0 Å². The lowest BCUT2D eigenvalue weighted by Crippen LogP contribution is -2.46. The second-order valence-electron chi connectivity index (χ2n) is 10.6. The number of aliphatic hydroxyl groups is 4. The van der Waals surface area contributed by atoms with E-state index in [4.69, 9.17) is 20.4 Å². The normalized spacial score (nSPS) is 13.2. The molecule has 0 amide bonds. The summed E-state index contributed by atoms with van der Waals surface area (Å²) in [5.74, 6) is -0.726. The van der Waals surface area contributed by atoms with Crippen molar-refractivity contribution in [3.63, 3.8) is 0 Å². The molecule has 0 aliphatic rings. The van der Waals surface area contributed by atoms with Crippen LogP contribution in [-0.4, -0.2) is 76.1 Å². The van der Waals surface area contributed by atoms with E-state index >= 15 is 0 Å². The maximum atomic E-state index is 11.3. The summed E-state index contributed by atoms with van der Waals surface area (Å²) >= 11 is 0. The van der Waals surface area contributed by atoms with Crippen molar-refractivity contribution in [2.45, 2.75) is 141 Å². The van der Waals surface area contributed by atoms with Crippen LogP contribution in [0.3, 0.4) is 0 Å². The molecule has 0 rings (SSSR count). The SMILES string of the molecule is CC(P(=O)=O)[N+](C)(C)CCC(O)O.CCCCCCCCCCCCCCCCCC(=O)C(O)CO. The van der Waals surface area contributed by atoms with Crippen LogP contribution in [0.25, 0.3) is 0 Å². The molecule has 8 nitrogen and oxygen atoms in total. The van der Waals surface area contributed by atoms with Gasteiger partial charge >= 0.3 is 7.68 Å². The number of Topliss-reactive ketones (excluding diaryl/α,β-unsaturated/α-hetero) is 1. The molecule has 2 atom stereocenters. The first-order valence-corrected chi connectivity index (χ1v) is 15.4. The average Bonchev–Trinajstić information content (AvgIpc) is 2.84. The minimum absolute atomic E-state index is 0.181.